The molecule has 32 heavy (non-hydrogen) atoms. The molecule has 174 valence electrons. The summed E-state index contributed by atoms with van der Waals surface area (Å²) in [5, 5.41) is 0. The van der Waals surface area contributed by atoms with E-state index < -0.39 is 0 Å². The molecule has 0 spiro atoms. The molecular weight excluding hydrogens is 428 g/mol. The third kappa shape index (κ3) is 6.22. The molecule has 9 nitrogen and oxygen atoms in total. The van der Waals surface area contributed by atoms with E-state index in [0.717, 1.165) is 82.7 Å². The van der Waals surface area contributed by atoms with Gasteiger partial charge < -0.3 is 14.5 Å². The maximum absolute atomic E-state index is 6.05. The molecule has 2 aliphatic rings. The number of hydrogen-bond donors (Lipinski definition) is 0. The standard InChI is InChI=1S/C22H32N6O3S/c1-3-18-14-24-22(25-15-18)27-8-6-19(7-9-27)17-30-20-4-5-21(23-16-20)26-10-12-28(13-11-26)32-31-29-2/h4-5,14-16,19H,3,6-13,17H2,1-2H3. The second-order valence-corrected chi connectivity index (χ2v) is 8.87. The summed E-state index contributed by atoms with van der Waals surface area (Å²) >= 11 is 1.25. The summed E-state index contributed by atoms with van der Waals surface area (Å²) in [4.78, 5) is 22.8. The Bertz CT molecular complexity index is 809. The molecule has 2 aliphatic heterocycles. The number of ether oxygens (including phenoxy) is 1. The number of rotatable bonds is 9. The molecule has 0 amide bonds. The van der Waals surface area contributed by atoms with E-state index in [0.29, 0.717) is 5.92 Å². The van der Waals surface area contributed by atoms with Crippen molar-refractivity contribution >= 4 is 24.0 Å². The number of nitrogens with zero attached hydrogens (tertiary/aromatic N) is 6. The monoisotopic (exact) mass is 460 g/mol. The maximum Gasteiger partial charge on any atom is 0.225 e. The van der Waals surface area contributed by atoms with E-state index in [4.69, 9.17) is 9.07 Å². The summed E-state index contributed by atoms with van der Waals surface area (Å²) in [7, 11) is 1.51. The van der Waals surface area contributed by atoms with Crippen molar-refractivity contribution in [2.75, 3.05) is 62.8 Å². The van der Waals surface area contributed by atoms with Crippen LogP contribution < -0.4 is 14.5 Å². The van der Waals surface area contributed by atoms with Gasteiger partial charge in [-0.1, -0.05) is 6.92 Å². The van der Waals surface area contributed by atoms with Crippen LogP contribution in [-0.2, 0) is 15.6 Å². The van der Waals surface area contributed by atoms with Crippen molar-refractivity contribution < 1.29 is 14.0 Å². The van der Waals surface area contributed by atoms with Gasteiger partial charge in [-0.25, -0.2) is 24.1 Å². The summed E-state index contributed by atoms with van der Waals surface area (Å²) in [5.74, 6) is 3.20. The fraction of sp³-hybridized carbons (Fsp3) is 0.591. The first-order chi connectivity index (χ1) is 15.7. The third-order valence-corrected chi connectivity index (χ3v) is 6.74. The molecule has 10 heteroatoms. The van der Waals surface area contributed by atoms with Gasteiger partial charge in [0.15, 0.2) is 0 Å². The number of aryl methyl sites for hydroxylation is 1. The zero-order chi connectivity index (χ0) is 22.2. The van der Waals surface area contributed by atoms with E-state index in [1.54, 1.807) is 0 Å². The number of piperazine rings is 1. The fourth-order valence-electron chi connectivity index (χ4n) is 3.92. The van der Waals surface area contributed by atoms with E-state index >= 15 is 0 Å². The van der Waals surface area contributed by atoms with Crippen molar-refractivity contribution in [2.24, 2.45) is 5.92 Å². The van der Waals surface area contributed by atoms with Crippen LogP contribution in [0.25, 0.3) is 0 Å². The minimum absolute atomic E-state index is 0.542. The van der Waals surface area contributed by atoms with Crippen LogP contribution in [0.1, 0.15) is 25.3 Å². The van der Waals surface area contributed by atoms with E-state index in [2.05, 4.69) is 40.9 Å². The highest BCUT2D eigenvalue weighted by atomic mass is 32.2. The highest BCUT2D eigenvalue weighted by molar-refractivity contribution is 7.92. The number of aromatic nitrogens is 3. The molecule has 0 aromatic carbocycles. The molecule has 0 bridgehead atoms. The molecule has 4 heterocycles. The van der Waals surface area contributed by atoms with Gasteiger partial charge in [0.2, 0.25) is 5.95 Å². The smallest absolute Gasteiger partial charge is 0.225 e. The van der Waals surface area contributed by atoms with Gasteiger partial charge in [0, 0.05) is 51.7 Å². The average molecular weight is 461 g/mol. The van der Waals surface area contributed by atoms with Crippen molar-refractivity contribution in [2.45, 2.75) is 26.2 Å². The Labute approximate surface area is 194 Å². The van der Waals surface area contributed by atoms with Crippen molar-refractivity contribution in [3.05, 3.63) is 36.3 Å². The fourth-order valence-corrected chi connectivity index (χ4v) is 4.38. The molecule has 0 aliphatic carbocycles. The van der Waals surface area contributed by atoms with Gasteiger partial charge in [0.05, 0.1) is 19.9 Å². The number of hydrogen-bond acceptors (Lipinski definition) is 10. The van der Waals surface area contributed by atoms with Gasteiger partial charge in [-0.2, -0.15) is 0 Å². The lowest BCUT2D eigenvalue weighted by atomic mass is 9.98. The number of anilines is 2. The van der Waals surface area contributed by atoms with E-state index in [1.807, 2.05) is 30.7 Å². The second-order valence-electron chi connectivity index (χ2n) is 8.06. The van der Waals surface area contributed by atoms with E-state index in [-0.39, 0.29) is 0 Å². The molecule has 0 N–H and O–H groups in total. The molecule has 0 atom stereocenters. The predicted octanol–water partition coefficient (Wildman–Crippen LogP) is 2.99. The summed E-state index contributed by atoms with van der Waals surface area (Å²) in [6.07, 6.45) is 8.84. The summed E-state index contributed by atoms with van der Waals surface area (Å²) in [5.41, 5.74) is 1.18. The SMILES string of the molecule is CCc1cnc(N2CCC(COc3ccc(N4CCN(SOOC)CC4)nc3)CC2)nc1. The Hall–Kier alpha value is -2.14. The highest BCUT2D eigenvalue weighted by Gasteiger charge is 2.22. The molecule has 0 radical (unpaired) electrons. The molecule has 2 fully saturated rings. The van der Waals surface area contributed by atoms with Crippen LogP contribution in [0, 0.1) is 5.92 Å². The Kier molecular flexibility index (Phi) is 8.38. The topological polar surface area (TPSA) is 76.1 Å². The Morgan fingerprint density at radius 1 is 0.938 bits per heavy atom. The lowest BCUT2D eigenvalue weighted by Crippen LogP contribution is -2.43. The van der Waals surface area contributed by atoms with E-state index in [9.17, 15) is 0 Å². The molecule has 2 saturated heterocycles. The molecule has 4 rings (SSSR count). The van der Waals surface area contributed by atoms with Crippen molar-refractivity contribution in [1.82, 2.24) is 19.3 Å². The van der Waals surface area contributed by atoms with Crippen LogP contribution in [0.5, 0.6) is 5.75 Å². The number of pyridine rings is 1. The first kappa shape index (κ1) is 23.0. The molecular formula is C22H32N6O3S. The Morgan fingerprint density at radius 2 is 1.69 bits per heavy atom. The van der Waals surface area contributed by atoms with Gasteiger partial charge in [-0.3, -0.25) is 0 Å². The Balaban J connectivity index is 1.18. The minimum atomic E-state index is 0.542. The third-order valence-electron chi connectivity index (χ3n) is 5.97. The highest BCUT2D eigenvalue weighted by Crippen LogP contribution is 2.24. The maximum atomic E-state index is 6.05. The quantitative estimate of drug-likeness (QED) is 0.241. The second kappa shape index (κ2) is 11.6. The van der Waals surface area contributed by atoms with Gasteiger partial charge in [-0.15, -0.1) is 4.33 Å². The number of piperidine rings is 1. The molecule has 0 saturated carbocycles. The first-order valence-corrected chi connectivity index (χ1v) is 12.0. The largest absolute Gasteiger partial charge is 0.492 e. The van der Waals surface area contributed by atoms with Gasteiger partial charge in [0.25, 0.3) is 0 Å². The van der Waals surface area contributed by atoms with Gasteiger partial charge in [-0.05, 0) is 42.9 Å². The van der Waals surface area contributed by atoms with Crippen LogP contribution in [0.2, 0.25) is 0 Å². The Morgan fingerprint density at radius 3 is 2.31 bits per heavy atom. The minimum Gasteiger partial charge on any atom is -0.492 e. The van der Waals surface area contributed by atoms with Crippen LogP contribution in [-0.4, -0.2) is 72.2 Å². The zero-order valence-corrected chi connectivity index (χ0v) is 19.7. The van der Waals surface area contributed by atoms with Crippen LogP contribution >= 0.6 is 12.2 Å². The van der Waals surface area contributed by atoms with Gasteiger partial charge in [0.1, 0.15) is 23.8 Å². The lowest BCUT2D eigenvalue weighted by Gasteiger charge is -2.33. The first-order valence-electron chi connectivity index (χ1n) is 11.3. The summed E-state index contributed by atoms with van der Waals surface area (Å²) in [6, 6.07) is 4.07. The summed E-state index contributed by atoms with van der Waals surface area (Å²) < 4.78 is 13.1. The molecule has 2 aromatic heterocycles. The molecule has 2 aromatic rings. The van der Waals surface area contributed by atoms with Crippen LogP contribution in [0.4, 0.5) is 11.8 Å². The van der Waals surface area contributed by atoms with Gasteiger partial charge >= 0.3 is 0 Å². The van der Waals surface area contributed by atoms with Crippen molar-refractivity contribution in [3.63, 3.8) is 0 Å². The van der Waals surface area contributed by atoms with Crippen LogP contribution in [0.3, 0.4) is 0 Å². The van der Waals surface area contributed by atoms with Crippen LogP contribution in [0.15, 0.2) is 30.7 Å². The molecule has 0 unspecified atom stereocenters. The lowest BCUT2D eigenvalue weighted by molar-refractivity contribution is -0.163. The predicted molar refractivity (Wildman–Crippen MR) is 126 cm³/mol. The van der Waals surface area contributed by atoms with Crippen molar-refractivity contribution in [3.8, 4) is 5.75 Å². The average Bonchev–Trinajstić information content (AvgIpc) is 2.87. The normalized spacial score (nSPS) is 18.2. The van der Waals surface area contributed by atoms with E-state index in [1.165, 1.54) is 24.9 Å². The summed E-state index contributed by atoms with van der Waals surface area (Å²) in [6.45, 7) is 8.36. The zero-order valence-electron chi connectivity index (χ0n) is 18.9. The van der Waals surface area contributed by atoms with Crippen molar-refractivity contribution in [1.29, 1.82) is 0 Å².